The lowest BCUT2D eigenvalue weighted by atomic mass is 10.0. The van der Waals surface area contributed by atoms with E-state index in [1.807, 2.05) is 6.07 Å². The lowest BCUT2D eigenvalue weighted by Crippen LogP contribution is -2.16. The summed E-state index contributed by atoms with van der Waals surface area (Å²) in [6, 6.07) is 6.94. The molecule has 2 rings (SSSR count). The zero-order valence-electron chi connectivity index (χ0n) is 12.3. The maximum absolute atomic E-state index is 12.3. The number of nitriles is 1. The van der Waals surface area contributed by atoms with E-state index in [1.165, 1.54) is 6.20 Å². The fourth-order valence-corrected chi connectivity index (χ4v) is 2.01. The van der Waals surface area contributed by atoms with Crippen molar-refractivity contribution in [2.75, 3.05) is 11.1 Å². The summed E-state index contributed by atoms with van der Waals surface area (Å²) in [7, 11) is 0. The van der Waals surface area contributed by atoms with Gasteiger partial charge in [0.1, 0.15) is 11.8 Å². The highest BCUT2D eigenvalue weighted by molar-refractivity contribution is 6.04. The van der Waals surface area contributed by atoms with Crippen LogP contribution in [0.3, 0.4) is 0 Å². The summed E-state index contributed by atoms with van der Waals surface area (Å²) in [6.07, 6.45) is 2.52. The van der Waals surface area contributed by atoms with Crippen molar-refractivity contribution in [3.63, 3.8) is 0 Å². The number of pyridine rings is 1. The minimum atomic E-state index is -0.370. The average Bonchev–Trinajstić information content (AvgIpc) is 2.51. The van der Waals surface area contributed by atoms with Crippen molar-refractivity contribution in [1.82, 2.24) is 4.98 Å². The van der Waals surface area contributed by atoms with E-state index in [2.05, 4.69) is 10.3 Å². The van der Waals surface area contributed by atoms with Crippen LogP contribution in [0.4, 0.5) is 11.4 Å². The molecule has 0 bridgehead atoms. The third-order valence-electron chi connectivity index (χ3n) is 3.48. The first-order valence-electron chi connectivity index (χ1n) is 6.55. The van der Waals surface area contributed by atoms with E-state index in [4.69, 9.17) is 16.4 Å². The van der Waals surface area contributed by atoms with Crippen LogP contribution < -0.4 is 11.1 Å². The van der Waals surface area contributed by atoms with Crippen LogP contribution in [0.25, 0.3) is 0 Å². The Morgan fingerprint density at radius 3 is 2.77 bits per heavy atom. The molecule has 2 aromatic rings. The zero-order chi connectivity index (χ0) is 16.3. The van der Waals surface area contributed by atoms with Gasteiger partial charge in [-0.25, -0.2) is 4.98 Å². The van der Waals surface area contributed by atoms with Gasteiger partial charge in [-0.15, -0.1) is 0 Å². The van der Waals surface area contributed by atoms with Crippen molar-refractivity contribution in [3.8, 4) is 6.07 Å². The van der Waals surface area contributed by atoms with Crippen molar-refractivity contribution in [1.29, 1.82) is 10.7 Å². The average molecular weight is 293 g/mol. The molecule has 0 saturated heterocycles. The minimum absolute atomic E-state index is 0.268. The van der Waals surface area contributed by atoms with Crippen LogP contribution in [0.5, 0.6) is 0 Å². The Morgan fingerprint density at radius 1 is 1.41 bits per heavy atom. The predicted octanol–water partition coefficient (Wildman–Crippen LogP) is 2.40. The first-order valence-corrected chi connectivity index (χ1v) is 6.55. The van der Waals surface area contributed by atoms with E-state index in [0.29, 0.717) is 28.1 Å². The van der Waals surface area contributed by atoms with Gasteiger partial charge in [-0.05, 0) is 43.2 Å². The number of hydrogen-bond donors (Lipinski definition) is 3. The number of carbonyl (C=O) groups excluding carboxylic acids is 1. The number of benzene rings is 1. The van der Waals surface area contributed by atoms with Gasteiger partial charge in [0.15, 0.2) is 0 Å². The van der Waals surface area contributed by atoms with Crippen LogP contribution >= 0.6 is 0 Å². The van der Waals surface area contributed by atoms with Gasteiger partial charge in [0.25, 0.3) is 5.91 Å². The molecule has 6 nitrogen and oxygen atoms in total. The predicted molar refractivity (Wildman–Crippen MR) is 85.1 cm³/mol. The molecule has 0 saturated carbocycles. The van der Waals surface area contributed by atoms with E-state index in [1.54, 1.807) is 32.0 Å². The van der Waals surface area contributed by atoms with E-state index in [-0.39, 0.29) is 11.6 Å². The molecule has 0 radical (unpaired) electrons. The van der Waals surface area contributed by atoms with Crippen molar-refractivity contribution >= 4 is 23.5 Å². The van der Waals surface area contributed by atoms with E-state index in [0.717, 1.165) is 11.8 Å². The van der Waals surface area contributed by atoms with Gasteiger partial charge in [-0.1, -0.05) is 0 Å². The van der Waals surface area contributed by atoms with E-state index >= 15 is 0 Å². The van der Waals surface area contributed by atoms with Crippen LogP contribution in [0, 0.1) is 30.6 Å². The first kappa shape index (κ1) is 15.2. The molecule has 0 aliphatic rings. The third-order valence-corrected chi connectivity index (χ3v) is 3.48. The molecule has 0 aliphatic carbocycles. The Kier molecular flexibility index (Phi) is 4.18. The summed E-state index contributed by atoms with van der Waals surface area (Å²) in [4.78, 5) is 16.4. The highest BCUT2D eigenvalue weighted by Crippen LogP contribution is 2.19. The summed E-state index contributed by atoms with van der Waals surface area (Å²) in [5.41, 5.74) is 9.36. The number of anilines is 2. The Balaban J connectivity index is 2.32. The number of amides is 1. The number of nitrogens with zero attached hydrogens (tertiary/aromatic N) is 2. The molecule has 0 unspecified atom stereocenters. The SMILES string of the molecule is Cc1c(C#N)cnc(C(=O)Nc2ccc(N)c(C=N)c2)c1C. The highest BCUT2D eigenvalue weighted by atomic mass is 16.1. The smallest absolute Gasteiger partial charge is 0.274 e. The summed E-state index contributed by atoms with van der Waals surface area (Å²) >= 11 is 0. The number of aromatic nitrogens is 1. The molecule has 0 atom stereocenters. The fraction of sp³-hybridized carbons (Fsp3) is 0.125. The fourth-order valence-electron chi connectivity index (χ4n) is 2.01. The lowest BCUT2D eigenvalue weighted by Gasteiger charge is -2.10. The molecular weight excluding hydrogens is 278 g/mol. The van der Waals surface area contributed by atoms with Gasteiger partial charge in [0, 0.05) is 29.3 Å². The summed E-state index contributed by atoms with van der Waals surface area (Å²) in [5.74, 6) is -0.370. The minimum Gasteiger partial charge on any atom is -0.398 e. The molecule has 1 aromatic carbocycles. The number of hydrogen-bond acceptors (Lipinski definition) is 5. The standard InChI is InChI=1S/C16H15N5O/c1-9-10(2)15(20-8-12(9)7-18)16(22)21-13-3-4-14(19)11(5-13)6-17/h3-6,8,17H,19H2,1-2H3,(H,21,22). The second kappa shape index (κ2) is 6.06. The Hall–Kier alpha value is -3.20. The summed E-state index contributed by atoms with van der Waals surface area (Å²) < 4.78 is 0. The second-order valence-electron chi connectivity index (χ2n) is 4.82. The van der Waals surface area contributed by atoms with E-state index < -0.39 is 0 Å². The van der Waals surface area contributed by atoms with Gasteiger partial charge in [-0.3, -0.25) is 4.79 Å². The van der Waals surface area contributed by atoms with Crippen LogP contribution in [0.1, 0.15) is 32.7 Å². The summed E-state index contributed by atoms with van der Waals surface area (Å²) in [6.45, 7) is 3.53. The molecular formula is C16H15N5O. The normalized spacial score (nSPS) is 9.86. The number of rotatable bonds is 3. The maximum atomic E-state index is 12.3. The molecule has 6 heteroatoms. The molecule has 0 fully saturated rings. The van der Waals surface area contributed by atoms with Crippen LogP contribution in [0.2, 0.25) is 0 Å². The largest absolute Gasteiger partial charge is 0.398 e. The molecule has 0 spiro atoms. The molecule has 1 amide bonds. The monoisotopic (exact) mass is 293 g/mol. The molecule has 110 valence electrons. The lowest BCUT2D eigenvalue weighted by molar-refractivity contribution is 0.102. The number of nitrogens with one attached hydrogen (secondary N) is 2. The topological polar surface area (TPSA) is 116 Å². The summed E-state index contributed by atoms with van der Waals surface area (Å²) in [5, 5.41) is 19.0. The number of nitrogens with two attached hydrogens (primary N) is 1. The first-order chi connectivity index (χ1) is 10.5. The Labute approximate surface area is 128 Å². The van der Waals surface area contributed by atoms with Gasteiger partial charge >= 0.3 is 0 Å². The van der Waals surface area contributed by atoms with Crippen molar-refractivity contribution in [2.45, 2.75) is 13.8 Å². The molecule has 1 aromatic heterocycles. The molecule has 4 N–H and O–H groups in total. The quantitative estimate of drug-likeness (QED) is 0.595. The zero-order valence-corrected chi connectivity index (χ0v) is 12.3. The van der Waals surface area contributed by atoms with Crippen molar-refractivity contribution < 1.29 is 4.79 Å². The highest BCUT2D eigenvalue weighted by Gasteiger charge is 2.15. The van der Waals surface area contributed by atoms with E-state index in [9.17, 15) is 4.79 Å². The van der Waals surface area contributed by atoms with Gasteiger partial charge in [0.05, 0.1) is 5.56 Å². The Morgan fingerprint density at radius 2 is 2.14 bits per heavy atom. The second-order valence-corrected chi connectivity index (χ2v) is 4.82. The van der Waals surface area contributed by atoms with Gasteiger partial charge < -0.3 is 16.5 Å². The molecule has 0 aliphatic heterocycles. The van der Waals surface area contributed by atoms with Crippen LogP contribution in [0.15, 0.2) is 24.4 Å². The van der Waals surface area contributed by atoms with Crippen molar-refractivity contribution in [3.05, 3.63) is 52.3 Å². The number of carbonyl (C=O) groups is 1. The van der Waals surface area contributed by atoms with Gasteiger partial charge in [0.2, 0.25) is 0 Å². The Bertz CT molecular complexity index is 805. The van der Waals surface area contributed by atoms with Crippen LogP contribution in [-0.4, -0.2) is 17.1 Å². The third kappa shape index (κ3) is 2.79. The number of nitrogen functional groups attached to an aromatic ring is 1. The molecule has 1 heterocycles. The van der Waals surface area contributed by atoms with Crippen LogP contribution in [-0.2, 0) is 0 Å². The van der Waals surface area contributed by atoms with Gasteiger partial charge in [-0.2, -0.15) is 5.26 Å². The molecule has 22 heavy (non-hydrogen) atoms. The maximum Gasteiger partial charge on any atom is 0.274 e. The van der Waals surface area contributed by atoms with Crippen molar-refractivity contribution in [2.24, 2.45) is 0 Å².